The number of aromatic hydroxyl groups is 3. The summed E-state index contributed by atoms with van der Waals surface area (Å²) in [6.07, 6.45) is -18.0. The fourth-order valence-electron chi connectivity index (χ4n) is 5.33. The topological polar surface area (TPSA) is 285 Å². The summed E-state index contributed by atoms with van der Waals surface area (Å²) in [6.45, 7) is -0.354. The fourth-order valence-corrected chi connectivity index (χ4v) is 5.33. The molecule has 0 radical (unpaired) electrons. The number of rotatable bonds is 9. The molecule has 1 aromatic heterocycles. The normalized spacial score (nSPS) is 30.6. The van der Waals surface area contributed by atoms with Crippen LogP contribution in [0.1, 0.15) is 6.92 Å². The zero-order chi connectivity index (χ0) is 35.0. The monoisotopic (exact) mass is 682 g/mol. The Labute approximate surface area is 270 Å². The number of benzene rings is 2. The number of carbonyl (C=O) groups is 1. The van der Waals surface area contributed by atoms with E-state index in [1.54, 1.807) is 0 Å². The van der Waals surface area contributed by atoms with Gasteiger partial charge in [0.15, 0.2) is 23.5 Å². The molecule has 262 valence electrons. The van der Waals surface area contributed by atoms with Crippen molar-refractivity contribution in [1.29, 1.82) is 0 Å². The molecule has 5 rings (SSSR count). The van der Waals surface area contributed by atoms with E-state index in [0.29, 0.717) is 0 Å². The Hall–Kier alpha value is -4.24. The van der Waals surface area contributed by atoms with Gasteiger partial charge in [-0.15, -0.1) is 0 Å². The highest BCUT2D eigenvalue weighted by atomic mass is 16.7. The molecule has 0 amide bonds. The summed E-state index contributed by atoms with van der Waals surface area (Å²) < 4.78 is 38.3. The number of esters is 1. The number of aliphatic hydroxyl groups is 6. The van der Waals surface area contributed by atoms with Gasteiger partial charge in [-0.05, 0) is 18.2 Å². The van der Waals surface area contributed by atoms with Crippen LogP contribution in [0.4, 0.5) is 0 Å². The minimum absolute atomic E-state index is 0.0452. The second-order valence-corrected chi connectivity index (χ2v) is 11.1. The molecule has 0 aliphatic carbocycles. The first-order valence-electron chi connectivity index (χ1n) is 14.4. The molecule has 2 aliphatic rings. The van der Waals surface area contributed by atoms with Crippen LogP contribution in [0.5, 0.6) is 28.7 Å². The van der Waals surface area contributed by atoms with Crippen molar-refractivity contribution in [2.24, 2.45) is 0 Å². The standard InChI is InChI=1S/C30H34O18/c1-10(32)43-9-18-20(36)23(39)24(40)29(46-18)47-27-21(37)17(8-31)45-30(25(27)41)48-28-22(38)19-14(35)6-12(33)7-16(19)44-26(28)11-3-4-13(34)15(5-11)42-2/h3-7,17-18,20-21,23-25,27,29-31,33-37,39-41H,8-9H2,1-2H3/t17?,18?,20-,21+,23?,24?,25+,27?,29-,30-/m0/s1. The third kappa shape index (κ3) is 6.70. The summed E-state index contributed by atoms with van der Waals surface area (Å²) in [5, 5.41) is 93.6. The Balaban J connectivity index is 1.53. The van der Waals surface area contributed by atoms with E-state index in [2.05, 4.69) is 0 Å². The van der Waals surface area contributed by atoms with Crippen molar-refractivity contribution < 1.29 is 83.6 Å². The van der Waals surface area contributed by atoms with E-state index in [9.17, 15) is 55.5 Å². The third-order valence-electron chi connectivity index (χ3n) is 7.83. The van der Waals surface area contributed by atoms with Gasteiger partial charge in [-0.3, -0.25) is 9.59 Å². The van der Waals surface area contributed by atoms with Crippen LogP contribution in [0.25, 0.3) is 22.3 Å². The van der Waals surface area contributed by atoms with Crippen molar-refractivity contribution in [3.63, 3.8) is 0 Å². The van der Waals surface area contributed by atoms with E-state index in [1.807, 2.05) is 0 Å². The molecule has 0 spiro atoms. The first-order valence-corrected chi connectivity index (χ1v) is 14.4. The van der Waals surface area contributed by atoms with Gasteiger partial charge in [0.05, 0.1) is 13.7 Å². The number of hydrogen-bond acceptors (Lipinski definition) is 18. The van der Waals surface area contributed by atoms with Gasteiger partial charge in [-0.25, -0.2) is 0 Å². The van der Waals surface area contributed by atoms with Crippen LogP contribution >= 0.6 is 0 Å². The molecule has 18 nitrogen and oxygen atoms in total. The molecule has 3 heterocycles. The summed E-state index contributed by atoms with van der Waals surface area (Å²) in [4.78, 5) is 25.1. The van der Waals surface area contributed by atoms with Crippen LogP contribution in [0.2, 0.25) is 0 Å². The molecule has 9 N–H and O–H groups in total. The quantitative estimate of drug-likeness (QED) is 0.112. The Bertz CT molecular complexity index is 1690. The molecule has 2 saturated heterocycles. The molecular formula is C30H34O18. The van der Waals surface area contributed by atoms with Gasteiger partial charge in [-0.1, -0.05) is 0 Å². The van der Waals surface area contributed by atoms with Crippen LogP contribution in [-0.4, -0.2) is 134 Å². The third-order valence-corrected chi connectivity index (χ3v) is 7.83. The van der Waals surface area contributed by atoms with Crippen LogP contribution in [0, 0.1) is 0 Å². The summed E-state index contributed by atoms with van der Waals surface area (Å²) in [5.74, 6) is -3.23. The van der Waals surface area contributed by atoms with Crippen LogP contribution in [0.3, 0.4) is 0 Å². The fraction of sp³-hybridized carbons (Fsp3) is 0.467. The average molecular weight is 683 g/mol. The molecule has 48 heavy (non-hydrogen) atoms. The highest BCUT2D eigenvalue weighted by Gasteiger charge is 2.52. The molecule has 0 saturated carbocycles. The maximum Gasteiger partial charge on any atom is 0.302 e. The van der Waals surface area contributed by atoms with Gasteiger partial charge in [-0.2, -0.15) is 0 Å². The number of phenolic OH excluding ortho intramolecular Hbond substituents is 3. The smallest absolute Gasteiger partial charge is 0.302 e. The van der Waals surface area contributed by atoms with Crippen molar-refractivity contribution in [2.45, 2.75) is 68.3 Å². The van der Waals surface area contributed by atoms with E-state index >= 15 is 0 Å². The number of methoxy groups -OCH3 is 1. The molecule has 2 fully saturated rings. The number of ether oxygens (including phenoxy) is 6. The van der Waals surface area contributed by atoms with Crippen molar-refractivity contribution in [2.75, 3.05) is 20.3 Å². The summed E-state index contributed by atoms with van der Waals surface area (Å²) >= 11 is 0. The van der Waals surface area contributed by atoms with Gasteiger partial charge in [0.25, 0.3) is 0 Å². The maximum atomic E-state index is 13.8. The molecule has 5 unspecified atom stereocenters. The maximum absolute atomic E-state index is 13.8. The molecule has 18 heteroatoms. The molecule has 2 aliphatic heterocycles. The molecule has 3 aromatic rings. The van der Waals surface area contributed by atoms with Crippen LogP contribution < -0.4 is 14.9 Å². The largest absolute Gasteiger partial charge is 0.508 e. The predicted octanol–water partition coefficient (Wildman–Crippen LogP) is -1.84. The van der Waals surface area contributed by atoms with E-state index in [0.717, 1.165) is 19.1 Å². The Morgan fingerprint density at radius 1 is 0.854 bits per heavy atom. The second kappa shape index (κ2) is 14.1. The first kappa shape index (κ1) is 35.1. The molecular weight excluding hydrogens is 648 g/mol. The Morgan fingerprint density at radius 2 is 1.56 bits per heavy atom. The van der Waals surface area contributed by atoms with Gasteiger partial charge >= 0.3 is 5.97 Å². The van der Waals surface area contributed by atoms with Gasteiger partial charge in [0.2, 0.25) is 17.5 Å². The minimum Gasteiger partial charge on any atom is -0.508 e. The summed E-state index contributed by atoms with van der Waals surface area (Å²) in [6, 6.07) is 5.72. The van der Waals surface area contributed by atoms with Crippen molar-refractivity contribution in [1.82, 2.24) is 0 Å². The lowest BCUT2D eigenvalue weighted by atomic mass is 9.97. The van der Waals surface area contributed by atoms with E-state index in [-0.39, 0.29) is 28.4 Å². The lowest BCUT2D eigenvalue weighted by molar-refractivity contribution is -0.353. The second-order valence-electron chi connectivity index (χ2n) is 11.1. The highest BCUT2D eigenvalue weighted by Crippen LogP contribution is 2.40. The van der Waals surface area contributed by atoms with Crippen LogP contribution in [-0.2, 0) is 23.7 Å². The first-order chi connectivity index (χ1) is 22.7. The zero-order valence-electron chi connectivity index (χ0n) is 25.3. The number of carbonyl (C=O) groups excluding carboxylic acids is 1. The van der Waals surface area contributed by atoms with Gasteiger partial charge in [0.1, 0.15) is 77.9 Å². The number of fused-ring (bicyclic) bond motifs is 1. The van der Waals surface area contributed by atoms with Crippen LogP contribution in [0.15, 0.2) is 39.5 Å². The SMILES string of the molecule is COc1cc(-c2oc3cc(O)cc(O)c3c(=O)c2O[C@@H]2OC(CO)[C@@H](O)C(O[C@@H]3OC(COC(C)=O)[C@H](O)C(O)C3O)[C@H]2O)ccc1O. The lowest BCUT2D eigenvalue weighted by Crippen LogP contribution is -2.65. The van der Waals surface area contributed by atoms with E-state index < -0.39 is 109 Å². The van der Waals surface area contributed by atoms with Crippen molar-refractivity contribution >= 4 is 16.9 Å². The van der Waals surface area contributed by atoms with Gasteiger partial charge < -0.3 is 78.8 Å². The van der Waals surface area contributed by atoms with Gasteiger partial charge in [0, 0.05) is 24.6 Å². The number of aliphatic hydroxyl groups excluding tert-OH is 6. The lowest BCUT2D eigenvalue weighted by Gasteiger charge is -2.45. The van der Waals surface area contributed by atoms with Crippen molar-refractivity contribution in [3.05, 3.63) is 40.6 Å². The Morgan fingerprint density at radius 3 is 2.23 bits per heavy atom. The average Bonchev–Trinajstić information content (AvgIpc) is 3.04. The Kier molecular flexibility index (Phi) is 10.3. The minimum atomic E-state index is -2.04. The highest BCUT2D eigenvalue weighted by molar-refractivity contribution is 5.88. The van der Waals surface area contributed by atoms with E-state index in [4.69, 9.17) is 32.8 Å². The number of hydrogen-bond donors (Lipinski definition) is 9. The molecule has 0 bridgehead atoms. The van der Waals surface area contributed by atoms with Crippen molar-refractivity contribution in [3.8, 4) is 40.1 Å². The molecule has 2 aromatic carbocycles. The number of phenols is 3. The molecule has 10 atom stereocenters. The zero-order valence-corrected chi connectivity index (χ0v) is 25.3. The van der Waals surface area contributed by atoms with E-state index in [1.165, 1.54) is 25.3 Å². The summed E-state index contributed by atoms with van der Waals surface area (Å²) in [7, 11) is 1.26. The predicted molar refractivity (Wildman–Crippen MR) is 156 cm³/mol. The summed E-state index contributed by atoms with van der Waals surface area (Å²) in [5.41, 5.74) is -1.23.